The predicted molar refractivity (Wildman–Crippen MR) is 85.2 cm³/mol. The fraction of sp³-hybridized carbons (Fsp3) is 0.467. The number of carboxylic acid groups (broad SMARTS) is 1. The molecule has 5 nitrogen and oxygen atoms in total. The van der Waals surface area contributed by atoms with Crippen LogP contribution in [0, 0.1) is 0 Å². The Balaban J connectivity index is 2.36. The van der Waals surface area contributed by atoms with Crippen molar-refractivity contribution in [2.45, 2.75) is 25.4 Å². The summed E-state index contributed by atoms with van der Waals surface area (Å²) in [6.45, 7) is 1.98. The van der Waals surface area contributed by atoms with Gasteiger partial charge in [0.15, 0.2) is 0 Å². The number of rotatable bonds is 8. The van der Waals surface area contributed by atoms with Gasteiger partial charge in [0.2, 0.25) is 5.91 Å². The second-order valence-electron chi connectivity index (χ2n) is 4.88. The zero-order valence-corrected chi connectivity index (χ0v) is 13.2. The fourth-order valence-corrected chi connectivity index (χ4v) is 2.71. The first-order valence-corrected chi connectivity index (χ1v) is 7.95. The molecule has 0 aliphatic carbocycles. The van der Waals surface area contributed by atoms with Gasteiger partial charge in [0.25, 0.3) is 0 Å². The van der Waals surface area contributed by atoms with E-state index in [4.69, 9.17) is 10.8 Å². The van der Waals surface area contributed by atoms with Crippen molar-refractivity contribution in [2.24, 2.45) is 5.73 Å². The molecule has 0 saturated carbocycles. The quantitative estimate of drug-likeness (QED) is 0.715. The van der Waals surface area contributed by atoms with Crippen LogP contribution in [0.4, 0.5) is 0 Å². The largest absolute Gasteiger partial charge is 0.480 e. The van der Waals surface area contributed by atoms with E-state index in [9.17, 15) is 9.59 Å². The van der Waals surface area contributed by atoms with Crippen molar-refractivity contribution in [3.8, 4) is 0 Å². The Morgan fingerprint density at radius 3 is 2.52 bits per heavy atom. The van der Waals surface area contributed by atoms with Crippen LogP contribution in [0.3, 0.4) is 0 Å². The number of carboxylic acids is 1. The second kappa shape index (κ2) is 8.69. The average molecular weight is 310 g/mol. The molecule has 0 heterocycles. The molecule has 0 spiro atoms. The van der Waals surface area contributed by atoms with Gasteiger partial charge < -0.3 is 15.7 Å². The first-order chi connectivity index (χ1) is 9.93. The number of carbonyl (C=O) groups excluding carboxylic acids is 1. The van der Waals surface area contributed by atoms with Gasteiger partial charge in [-0.3, -0.25) is 9.59 Å². The van der Waals surface area contributed by atoms with Crippen LogP contribution in [0.2, 0.25) is 0 Å². The van der Waals surface area contributed by atoms with Crippen LogP contribution < -0.4 is 5.73 Å². The lowest BCUT2D eigenvalue weighted by Gasteiger charge is -2.25. The lowest BCUT2D eigenvalue weighted by atomic mass is 10.1. The number of aliphatic carboxylic acids is 1. The highest BCUT2D eigenvalue weighted by molar-refractivity contribution is 7.99. The lowest BCUT2D eigenvalue weighted by Crippen LogP contribution is -2.32. The topological polar surface area (TPSA) is 83.6 Å². The van der Waals surface area contributed by atoms with Crippen LogP contribution in [0.5, 0.6) is 0 Å². The zero-order valence-electron chi connectivity index (χ0n) is 12.4. The van der Waals surface area contributed by atoms with Gasteiger partial charge in [-0.1, -0.05) is 30.3 Å². The molecule has 2 atom stereocenters. The first-order valence-electron chi connectivity index (χ1n) is 6.80. The molecule has 0 aliphatic rings. The molecule has 1 amide bonds. The SMILES string of the molecule is CC(c1ccccc1)N(C)C(=O)CSCCC(N)C(=O)O. The molecule has 1 rings (SSSR count). The van der Waals surface area contributed by atoms with E-state index >= 15 is 0 Å². The van der Waals surface area contributed by atoms with E-state index in [-0.39, 0.29) is 11.9 Å². The van der Waals surface area contributed by atoms with Crippen molar-refractivity contribution in [2.75, 3.05) is 18.6 Å². The Morgan fingerprint density at radius 1 is 1.33 bits per heavy atom. The number of hydrogen-bond acceptors (Lipinski definition) is 4. The average Bonchev–Trinajstić information content (AvgIpc) is 2.50. The molecule has 0 bridgehead atoms. The Kier molecular flexibility index (Phi) is 7.25. The zero-order chi connectivity index (χ0) is 15.8. The maximum atomic E-state index is 12.1. The van der Waals surface area contributed by atoms with Gasteiger partial charge in [0.05, 0.1) is 11.8 Å². The molecule has 0 aliphatic heterocycles. The molecule has 21 heavy (non-hydrogen) atoms. The standard InChI is InChI=1S/C15H22N2O3S/c1-11(12-6-4-3-5-7-12)17(2)14(18)10-21-9-8-13(16)15(19)20/h3-7,11,13H,8-10,16H2,1-2H3,(H,19,20). The minimum atomic E-state index is -1.00. The predicted octanol–water partition coefficient (Wildman–Crippen LogP) is 1.74. The summed E-state index contributed by atoms with van der Waals surface area (Å²) in [5.74, 6) is -0.0794. The molecule has 3 N–H and O–H groups in total. The van der Waals surface area contributed by atoms with Crippen molar-refractivity contribution >= 4 is 23.6 Å². The molecule has 1 aromatic carbocycles. The summed E-state index contributed by atoms with van der Waals surface area (Å²) in [6.07, 6.45) is 0.366. The van der Waals surface area contributed by atoms with Gasteiger partial charge in [-0.25, -0.2) is 0 Å². The number of nitrogens with zero attached hydrogens (tertiary/aromatic N) is 1. The van der Waals surface area contributed by atoms with Gasteiger partial charge in [0, 0.05) is 7.05 Å². The van der Waals surface area contributed by atoms with Crippen LogP contribution in [0.25, 0.3) is 0 Å². The Labute approximate surface area is 129 Å². The van der Waals surface area contributed by atoms with Gasteiger partial charge in [-0.2, -0.15) is 11.8 Å². The van der Waals surface area contributed by atoms with Crippen LogP contribution >= 0.6 is 11.8 Å². The highest BCUT2D eigenvalue weighted by Crippen LogP contribution is 2.19. The summed E-state index contributed by atoms with van der Waals surface area (Å²) in [5.41, 5.74) is 6.50. The van der Waals surface area contributed by atoms with E-state index in [1.165, 1.54) is 11.8 Å². The van der Waals surface area contributed by atoms with Crippen LogP contribution in [-0.2, 0) is 9.59 Å². The monoisotopic (exact) mass is 310 g/mol. The summed E-state index contributed by atoms with van der Waals surface area (Å²) in [5, 5.41) is 8.67. The summed E-state index contributed by atoms with van der Waals surface area (Å²) in [4.78, 5) is 24.4. The molecule has 0 radical (unpaired) electrons. The molecule has 1 aromatic rings. The van der Waals surface area contributed by atoms with Crippen molar-refractivity contribution in [1.82, 2.24) is 4.90 Å². The number of hydrogen-bond donors (Lipinski definition) is 2. The van der Waals surface area contributed by atoms with Crippen molar-refractivity contribution in [3.63, 3.8) is 0 Å². The molecule has 116 valence electrons. The first kappa shape index (κ1) is 17.5. The Morgan fingerprint density at radius 2 is 1.95 bits per heavy atom. The number of amides is 1. The normalized spacial score (nSPS) is 13.5. The smallest absolute Gasteiger partial charge is 0.320 e. The third-order valence-corrected chi connectivity index (χ3v) is 4.35. The Bertz CT molecular complexity index is 467. The molecule has 2 unspecified atom stereocenters. The summed E-state index contributed by atoms with van der Waals surface area (Å²) >= 11 is 1.41. The third kappa shape index (κ3) is 5.77. The molecule has 0 aromatic heterocycles. The van der Waals surface area contributed by atoms with Gasteiger partial charge in [-0.05, 0) is 24.7 Å². The number of thioether (sulfide) groups is 1. The summed E-state index contributed by atoms with van der Waals surface area (Å²) in [7, 11) is 1.78. The van der Waals surface area contributed by atoms with Crippen molar-refractivity contribution in [1.29, 1.82) is 0 Å². The lowest BCUT2D eigenvalue weighted by molar-refractivity contribution is -0.138. The summed E-state index contributed by atoms with van der Waals surface area (Å²) < 4.78 is 0. The summed E-state index contributed by atoms with van der Waals surface area (Å²) in [6, 6.07) is 8.99. The van der Waals surface area contributed by atoms with E-state index < -0.39 is 12.0 Å². The molecule has 6 heteroatoms. The van der Waals surface area contributed by atoms with Crippen LogP contribution in [0.1, 0.15) is 24.9 Å². The minimum Gasteiger partial charge on any atom is -0.480 e. The maximum Gasteiger partial charge on any atom is 0.320 e. The molecule has 0 saturated heterocycles. The fourth-order valence-electron chi connectivity index (χ4n) is 1.77. The van der Waals surface area contributed by atoms with E-state index in [0.717, 1.165) is 5.56 Å². The highest BCUT2D eigenvalue weighted by atomic mass is 32.2. The van der Waals surface area contributed by atoms with E-state index in [0.29, 0.717) is 17.9 Å². The van der Waals surface area contributed by atoms with E-state index in [1.54, 1.807) is 11.9 Å². The van der Waals surface area contributed by atoms with Crippen molar-refractivity contribution < 1.29 is 14.7 Å². The second-order valence-corrected chi connectivity index (χ2v) is 5.98. The maximum absolute atomic E-state index is 12.1. The van der Waals surface area contributed by atoms with Crippen LogP contribution in [0.15, 0.2) is 30.3 Å². The van der Waals surface area contributed by atoms with Crippen molar-refractivity contribution in [3.05, 3.63) is 35.9 Å². The van der Waals surface area contributed by atoms with Gasteiger partial charge >= 0.3 is 5.97 Å². The number of carbonyl (C=O) groups is 2. The van der Waals surface area contributed by atoms with Gasteiger partial charge in [-0.15, -0.1) is 0 Å². The third-order valence-electron chi connectivity index (χ3n) is 3.37. The van der Waals surface area contributed by atoms with Crippen LogP contribution in [-0.4, -0.2) is 46.5 Å². The molecule has 0 fully saturated rings. The molecular formula is C15H22N2O3S. The van der Waals surface area contributed by atoms with Gasteiger partial charge in [0.1, 0.15) is 6.04 Å². The highest BCUT2D eigenvalue weighted by Gasteiger charge is 2.17. The van der Waals surface area contributed by atoms with E-state index in [1.807, 2.05) is 37.3 Å². The number of benzene rings is 1. The Hall–Kier alpha value is -1.53. The number of nitrogens with two attached hydrogens (primary N) is 1. The molecular weight excluding hydrogens is 288 g/mol. The minimum absolute atomic E-state index is 0.0144. The van der Waals surface area contributed by atoms with E-state index in [2.05, 4.69) is 0 Å².